The molecule has 2 rings (SSSR count). The van der Waals surface area contributed by atoms with Crippen LogP contribution in [-0.4, -0.2) is 27.5 Å². The van der Waals surface area contributed by atoms with Crippen LogP contribution in [0.3, 0.4) is 0 Å². The van der Waals surface area contributed by atoms with Gasteiger partial charge in [-0.15, -0.1) is 0 Å². The molecule has 1 saturated heterocycles. The number of aromatic nitrogens is 2. The van der Waals surface area contributed by atoms with Gasteiger partial charge in [-0.2, -0.15) is 0 Å². The first-order valence-corrected chi connectivity index (χ1v) is 6.32. The Morgan fingerprint density at radius 2 is 2.31 bits per heavy atom. The summed E-state index contributed by atoms with van der Waals surface area (Å²) < 4.78 is 2.12. The molecular formula is C13H23N3. The zero-order valence-electron chi connectivity index (χ0n) is 10.7. The minimum absolute atomic E-state index is 0.835. The molecule has 3 heteroatoms. The number of imidazole rings is 1. The van der Waals surface area contributed by atoms with Crippen molar-refractivity contribution in [3.63, 3.8) is 0 Å². The smallest absolute Gasteiger partial charge is 0.0945 e. The lowest BCUT2D eigenvalue weighted by molar-refractivity contribution is 0.299. The molecule has 1 atom stereocenters. The van der Waals surface area contributed by atoms with E-state index in [9.17, 15) is 0 Å². The van der Waals surface area contributed by atoms with Crippen LogP contribution in [0.2, 0.25) is 0 Å². The average molecular weight is 221 g/mol. The van der Waals surface area contributed by atoms with Crippen LogP contribution < -0.4 is 0 Å². The molecule has 0 spiro atoms. The fraction of sp³-hybridized carbons (Fsp3) is 0.769. The SMILES string of the molecule is CC(C)C[C@@H]1CCN(Cc2cncn2C)C1. The van der Waals surface area contributed by atoms with E-state index in [-0.39, 0.29) is 0 Å². The Hall–Kier alpha value is -0.830. The molecule has 16 heavy (non-hydrogen) atoms. The van der Waals surface area contributed by atoms with Gasteiger partial charge >= 0.3 is 0 Å². The summed E-state index contributed by atoms with van der Waals surface area (Å²) in [6, 6.07) is 0. The van der Waals surface area contributed by atoms with Crippen molar-refractivity contribution in [1.82, 2.24) is 14.5 Å². The number of rotatable bonds is 4. The highest BCUT2D eigenvalue weighted by Gasteiger charge is 2.23. The van der Waals surface area contributed by atoms with Gasteiger partial charge in [0.2, 0.25) is 0 Å². The van der Waals surface area contributed by atoms with Crippen molar-refractivity contribution in [2.24, 2.45) is 18.9 Å². The van der Waals surface area contributed by atoms with Gasteiger partial charge in [0.25, 0.3) is 0 Å². The van der Waals surface area contributed by atoms with Crippen LogP contribution in [-0.2, 0) is 13.6 Å². The lowest BCUT2D eigenvalue weighted by Gasteiger charge is -2.16. The fourth-order valence-electron chi connectivity index (χ4n) is 2.68. The largest absolute Gasteiger partial charge is 0.337 e. The molecule has 1 aromatic rings. The normalized spacial score (nSPS) is 22.1. The molecule has 1 aromatic heterocycles. The van der Waals surface area contributed by atoms with Crippen molar-refractivity contribution in [2.45, 2.75) is 33.2 Å². The maximum Gasteiger partial charge on any atom is 0.0945 e. The molecular weight excluding hydrogens is 198 g/mol. The first-order valence-electron chi connectivity index (χ1n) is 6.32. The van der Waals surface area contributed by atoms with Crippen molar-refractivity contribution >= 4 is 0 Å². The minimum Gasteiger partial charge on any atom is -0.337 e. The second kappa shape index (κ2) is 5.00. The minimum atomic E-state index is 0.835. The molecule has 0 aliphatic carbocycles. The van der Waals surface area contributed by atoms with E-state index in [1.807, 2.05) is 12.5 Å². The van der Waals surface area contributed by atoms with E-state index in [2.05, 4.69) is 35.3 Å². The Morgan fingerprint density at radius 1 is 1.50 bits per heavy atom. The molecule has 0 bridgehead atoms. The van der Waals surface area contributed by atoms with Gasteiger partial charge in [0.15, 0.2) is 0 Å². The average Bonchev–Trinajstić information content (AvgIpc) is 2.77. The van der Waals surface area contributed by atoms with E-state index in [0.29, 0.717) is 0 Å². The fourth-order valence-corrected chi connectivity index (χ4v) is 2.68. The van der Waals surface area contributed by atoms with Crippen LogP contribution in [0.4, 0.5) is 0 Å². The van der Waals surface area contributed by atoms with Gasteiger partial charge in [-0.3, -0.25) is 4.90 Å². The molecule has 1 aliphatic heterocycles. The standard InChI is InChI=1S/C13H23N3/c1-11(2)6-12-4-5-16(8-12)9-13-7-14-10-15(13)3/h7,10-12H,4-6,8-9H2,1-3H3/t12-/m0/s1. The van der Waals surface area contributed by atoms with Crippen molar-refractivity contribution in [1.29, 1.82) is 0 Å². The van der Waals surface area contributed by atoms with E-state index in [4.69, 9.17) is 0 Å². The zero-order valence-corrected chi connectivity index (χ0v) is 10.7. The molecule has 90 valence electrons. The van der Waals surface area contributed by atoms with Gasteiger partial charge < -0.3 is 4.57 Å². The molecule has 1 fully saturated rings. The van der Waals surface area contributed by atoms with E-state index >= 15 is 0 Å². The van der Waals surface area contributed by atoms with E-state index < -0.39 is 0 Å². The van der Waals surface area contributed by atoms with Gasteiger partial charge in [-0.1, -0.05) is 13.8 Å². The predicted octanol–water partition coefficient (Wildman–Crippen LogP) is 2.29. The maximum atomic E-state index is 4.17. The molecule has 0 N–H and O–H groups in total. The molecule has 0 aromatic carbocycles. The Morgan fingerprint density at radius 3 is 2.94 bits per heavy atom. The summed E-state index contributed by atoms with van der Waals surface area (Å²) in [5.41, 5.74) is 1.32. The number of aryl methyl sites for hydroxylation is 1. The maximum absolute atomic E-state index is 4.17. The van der Waals surface area contributed by atoms with Crippen LogP contribution in [0, 0.1) is 11.8 Å². The van der Waals surface area contributed by atoms with Crippen molar-refractivity contribution in [2.75, 3.05) is 13.1 Å². The molecule has 0 saturated carbocycles. The molecule has 0 amide bonds. The monoisotopic (exact) mass is 221 g/mol. The van der Waals surface area contributed by atoms with Gasteiger partial charge in [0, 0.05) is 26.3 Å². The second-order valence-corrected chi connectivity index (χ2v) is 5.52. The number of likely N-dealkylation sites (tertiary alicyclic amines) is 1. The number of hydrogen-bond donors (Lipinski definition) is 0. The number of nitrogens with zero attached hydrogens (tertiary/aromatic N) is 3. The quantitative estimate of drug-likeness (QED) is 0.778. The summed E-state index contributed by atoms with van der Waals surface area (Å²) in [6.45, 7) is 8.23. The lowest BCUT2D eigenvalue weighted by Crippen LogP contribution is -2.21. The second-order valence-electron chi connectivity index (χ2n) is 5.52. The Kier molecular flexibility index (Phi) is 3.64. The number of hydrogen-bond acceptors (Lipinski definition) is 2. The van der Waals surface area contributed by atoms with Gasteiger partial charge in [-0.05, 0) is 31.2 Å². The van der Waals surface area contributed by atoms with Crippen LogP contribution >= 0.6 is 0 Å². The predicted molar refractivity (Wildman–Crippen MR) is 66.0 cm³/mol. The highest BCUT2D eigenvalue weighted by atomic mass is 15.2. The molecule has 1 aliphatic rings. The third-order valence-corrected chi connectivity index (χ3v) is 3.48. The van der Waals surface area contributed by atoms with Crippen LogP contribution in [0.5, 0.6) is 0 Å². The van der Waals surface area contributed by atoms with E-state index in [1.54, 1.807) is 0 Å². The highest BCUT2D eigenvalue weighted by molar-refractivity contribution is 4.98. The first kappa shape index (κ1) is 11.6. The summed E-state index contributed by atoms with van der Waals surface area (Å²) in [5.74, 6) is 1.75. The first-order chi connectivity index (χ1) is 7.65. The third kappa shape index (κ3) is 2.85. The Bertz CT molecular complexity index is 330. The summed E-state index contributed by atoms with van der Waals surface area (Å²) in [4.78, 5) is 6.73. The summed E-state index contributed by atoms with van der Waals surface area (Å²) in [7, 11) is 2.07. The van der Waals surface area contributed by atoms with Crippen LogP contribution in [0.1, 0.15) is 32.4 Å². The molecule has 0 unspecified atom stereocenters. The van der Waals surface area contributed by atoms with Crippen LogP contribution in [0.25, 0.3) is 0 Å². The van der Waals surface area contributed by atoms with E-state index in [1.165, 1.54) is 31.6 Å². The van der Waals surface area contributed by atoms with Crippen molar-refractivity contribution in [3.05, 3.63) is 18.2 Å². The lowest BCUT2D eigenvalue weighted by atomic mass is 9.97. The van der Waals surface area contributed by atoms with Gasteiger partial charge in [-0.25, -0.2) is 4.98 Å². The van der Waals surface area contributed by atoms with Crippen molar-refractivity contribution in [3.8, 4) is 0 Å². The summed E-state index contributed by atoms with van der Waals surface area (Å²) >= 11 is 0. The van der Waals surface area contributed by atoms with Gasteiger partial charge in [0.1, 0.15) is 0 Å². The van der Waals surface area contributed by atoms with Gasteiger partial charge in [0.05, 0.1) is 12.0 Å². The highest BCUT2D eigenvalue weighted by Crippen LogP contribution is 2.24. The molecule has 2 heterocycles. The molecule has 0 radical (unpaired) electrons. The Labute approximate surface area is 98.5 Å². The Balaban J connectivity index is 1.83. The topological polar surface area (TPSA) is 21.1 Å². The summed E-state index contributed by atoms with van der Waals surface area (Å²) in [5, 5.41) is 0. The summed E-state index contributed by atoms with van der Waals surface area (Å²) in [6.07, 6.45) is 6.62. The molecule has 3 nitrogen and oxygen atoms in total. The third-order valence-electron chi connectivity index (χ3n) is 3.48. The van der Waals surface area contributed by atoms with Crippen molar-refractivity contribution < 1.29 is 0 Å². The van der Waals surface area contributed by atoms with E-state index in [0.717, 1.165) is 18.4 Å². The van der Waals surface area contributed by atoms with Crippen LogP contribution in [0.15, 0.2) is 12.5 Å². The zero-order chi connectivity index (χ0) is 11.5.